The fraction of sp³-hybridized carbons (Fsp3) is 0.435. The standard InChI is InChI=1S/C23H26F3N7O/c1-14-9-16(3)20(33-30-6-7-31-33)18(10-14)21(34)32-8-4-5-15(2)19(32)13-29-22-27-11-17(12-28-22)23(24,25)26/h6-7,9-12,15,19H,4-5,8,13H2,1-3H3,(H,27,28,29)/t15-,19-/m1/s1. The summed E-state index contributed by atoms with van der Waals surface area (Å²) in [4.78, 5) is 24.7. The molecule has 1 aliphatic heterocycles. The van der Waals surface area contributed by atoms with Crippen LogP contribution in [0.5, 0.6) is 0 Å². The van der Waals surface area contributed by atoms with Crippen LogP contribution in [0.4, 0.5) is 19.1 Å². The van der Waals surface area contributed by atoms with E-state index < -0.39 is 11.7 Å². The Morgan fingerprint density at radius 2 is 1.82 bits per heavy atom. The monoisotopic (exact) mass is 473 g/mol. The summed E-state index contributed by atoms with van der Waals surface area (Å²) in [6.07, 6.45) is 1.93. The Morgan fingerprint density at radius 1 is 1.15 bits per heavy atom. The van der Waals surface area contributed by atoms with Crippen LogP contribution in [0.2, 0.25) is 0 Å². The normalized spacial score (nSPS) is 18.7. The van der Waals surface area contributed by atoms with Gasteiger partial charge in [0.05, 0.1) is 29.6 Å². The number of hydrogen-bond donors (Lipinski definition) is 1. The fourth-order valence-corrected chi connectivity index (χ4v) is 4.45. The van der Waals surface area contributed by atoms with E-state index in [1.54, 1.807) is 12.4 Å². The van der Waals surface area contributed by atoms with Crippen molar-refractivity contribution >= 4 is 11.9 Å². The van der Waals surface area contributed by atoms with Crippen LogP contribution >= 0.6 is 0 Å². The van der Waals surface area contributed by atoms with Crippen molar-refractivity contribution in [1.82, 2.24) is 29.9 Å². The van der Waals surface area contributed by atoms with E-state index in [-0.39, 0.29) is 23.8 Å². The summed E-state index contributed by atoms with van der Waals surface area (Å²) in [5, 5.41) is 11.5. The minimum absolute atomic E-state index is 0.0889. The molecule has 1 N–H and O–H groups in total. The van der Waals surface area contributed by atoms with E-state index in [0.717, 1.165) is 36.4 Å². The largest absolute Gasteiger partial charge is 0.419 e. The van der Waals surface area contributed by atoms with Crippen LogP contribution < -0.4 is 5.32 Å². The molecule has 0 aliphatic carbocycles. The van der Waals surface area contributed by atoms with E-state index in [2.05, 4.69) is 32.4 Å². The van der Waals surface area contributed by atoms with E-state index >= 15 is 0 Å². The number of alkyl halides is 3. The molecular formula is C23H26F3N7O. The Hall–Kier alpha value is -3.50. The SMILES string of the molecule is Cc1cc(C)c(-n2nccn2)c(C(=O)N2CCC[C@@H](C)[C@H]2CNc2ncc(C(F)(F)F)cn2)c1. The van der Waals surface area contributed by atoms with Gasteiger partial charge in [0.1, 0.15) is 5.69 Å². The molecule has 0 spiro atoms. The van der Waals surface area contributed by atoms with E-state index in [9.17, 15) is 18.0 Å². The number of carbonyl (C=O) groups excluding carboxylic acids is 1. The highest BCUT2D eigenvalue weighted by Crippen LogP contribution is 2.30. The number of rotatable bonds is 5. The molecule has 3 heterocycles. The highest BCUT2D eigenvalue weighted by Gasteiger charge is 2.34. The quantitative estimate of drug-likeness (QED) is 0.602. The lowest BCUT2D eigenvalue weighted by molar-refractivity contribution is -0.138. The van der Waals surface area contributed by atoms with Gasteiger partial charge in [0, 0.05) is 25.5 Å². The molecule has 1 fully saturated rings. The second kappa shape index (κ2) is 9.40. The molecule has 0 bridgehead atoms. The van der Waals surface area contributed by atoms with Crippen LogP contribution in [-0.4, -0.2) is 54.9 Å². The number of aryl methyl sites for hydroxylation is 2. The second-order valence-corrected chi connectivity index (χ2v) is 8.66. The van der Waals surface area contributed by atoms with Crippen molar-refractivity contribution in [3.8, 4) is 5.69 Å². The van der Waals surface area contributed by atoms with Gasteiger partial charge in [-0.1, -0.05) is 13.0 Å². The molecule has 180 valence electrons. The summed E-state index contributed by atoms with van der Waals surface area (Å²) in [6, 6.07) is 3.64. The molecule has 0 radical (unpaired) electrons. The Morgan fingerprint density at radius 3 is 2.47 bits per heavy atom. The zero-order valence-corrected chi connectivity index (χ0v) is 19.2. The number of nitrogens with one attached hydrogen (secondary N) is 1. The smallest absolute Gasteiger partial charge is 0.352 e. The minimum Gasteiger partial charge on any atom is -0.352 e. The molecule has 8 nitrogen and oxygen atoms in total. The molecule has 11 heteroatoms. The number of aromatic nitrogens is 5. The van der Waals surface area contributed by atoms with Gasteiger partial charge < -0.3 is 10.2 Å². The van der Waals surface area contributed by atoms with Crippen molar-refractivity contribution < 1.29 is 18.0 Å². The summed E-state index contributed by atoms with van der Waals surface area (Å²) in [7, 11) is 0. The lowest BCUT2D eigenvalue weighted by Crippen LogP contribution is -2.51. The van der Waals surface area contributed by atoms with Gasteiger partial charge in [-0.15, -0.1) is 0 Å². The number of halogens is 3. The maximum absolute atomic E-state index is 13.8. The van der Waals surface area contributed by atoms with Crippen molar-refractivity contribution in [3.05, 3.63) is 59.2 Å². The molecule has 1 amide bonds. The third-order valence-electron chi connectivity index (χ3n) is 6.12. The van der Waals surface area contributed by atoms with Crippen molar-refractivity contribution in [2.75, 3.05) is 18.4 Å². The van der Waals surface area contributed by atoms with Gasteiger partial charge in [0.2, 0.25) is 5.95 Å². The number of nitrogens with zero attached hydrogens (tertiary/aromatic N) is 6. The number of benzene rings is 1. The van der Waals surface area contributed by atoms with E-state index in [1.165, 1.54) is 4.80 Å². The zero-order chi connectivity index (χ0) is 24.5. The number of carbonyl (C=O) groups is 1. The Kier molecular flexibility index (Phi) is 6.54. The molecule has 3 aromatic rings. The van der Waals surface area contributed by atoms with E-state index in [4.69, 9.17) is 0 Å². The summed E-state index contributed by atoms with van der Waals surface area (Å²) in [5.74, 6) is 0.133. The maximum Gasteiger partial charge on any atom is 0.419 e. The van der Waals surface area contributed by atoms with E-state index in [1.807, 2.05) is 30.9 Å². The van der Waals surface area contributed by atoms with Gasteiger partial charge in [-0.05, 0) is 49.8 Å². The zero-order valence-electron chi connectivity index (χ0n) is 19.2. The van der Waals surface area contributed by atoms with Crippen molar-refractivity contribution in [2.45, 2.75) is 45.8 Å². The fourth-order valence-electron chi connectivity index (χ4n) is 4.45. The third-order valence-corrected chi connectivity index (χ3v) is 6.12. The van der Waals surface area contributed by atoms with Gasteiger partial charge in [-0.2, -0.15) is 28.2 Å². The summed E-state index contributed by atoms with van der Waals surface area (Å²) < 4.78 is 38.4. The number of anilines is 1. The molecule has 1 aliphatic rings. The summed E-state index contributed by atoms with van der Waals surface area (Å²) in [6.45, 7) is 6.81. The van der Waals surface area contributed by atoms with E-state index in [0.29, 0.717) is 24.3 Å². The topological polar surface area (TPSA) is 88.8 Å². The Balaban J connectivity index is 1.59. The molecule has 2 aromatic heterocycles. The number of amides is 1. The van der Waals surface area contributed by atoms with Crippen LogP contribution in [-0.2, 0) is 6.18 Å². The number of likely N-dealkylation sites (tertiary alicyclic amines) is 1. The first-order valence-corrected chi connectivity index (χ1v) is 11.1. The van der Waals surface area contributed by atoms with Crippen LogP contribution in [0.15, 0.2) is 36.9 Å². The van der Waals surface area contributed by atoms with Gasteiger partial charge in [-0.3, -0.25) is 4.79 Å². The number of hydrogen-bond acceptors (Lipinski definition) is 6. The van der Waals surface area contributed by atoms with Gasteiger partial charge >= 0.3 is 6.18 Å². The lowest BCUT2D eigenvalue weighted by Gasteiger charge is -2.40. The average molecular weight is 474 g/mol. The highest BCUT2D eigenvalue weighted by atomic mass is 19.4. The predicted molar refractivity (Wildman–Crippen MR) is 120 cm³/mol. The molecule has 1 aromatic carbocycles. The van der Waals surface area contributed by atoms with Crippen LogP contribution in [0.1, 0.15) is 46.8 Å². The summed E-state index contributed by atoms with van der Waals surface area (Å²) >= 11 is 0. The lowest BCUT2D eigenvalue weighted by atomic mass is 9.89. The van der Waals surface area contributed by atoms with Gasteiger partial charge in [0.25, 0.3) is 5.91 Å². The molecule has 0 unspecified atom stereocenters. The average Bonchev–Trinajstić information content (AvgIpc) is 3.31. The van der Waals surface area contributed by atoms with Crippen LogP contribution in [0.25, 0.3) is 5.69 Å². The van der Waals surface area contributed by atoms with Gasteiger partial charge in [-0.25, -0.2) is 9.97 Å². The first-order chi connectivity index (χ1) is 16.1. The molecule has 0 saturated carbocycles. The van der Waals surface area contributed by atoms with Crippen molar-refractivity contribution in [1.29, 1.82) is 0 Å². The summed E-state index contributed by atoms with van der Waals surface area (Å²) in [5.41, 5.74) is 2.08. The molecule has 2 atom stereocenters. The maximum atomic E-state index is 13.8. The van der Waals surface area contributed by atoms with Crippen molar-refractivity contribution in [3.63, 3.8) is 0 Å². The van der Waals surface area contributed by atoms with Crippen LogP contribution in [0, 0.1) is 19.8 Å². The molecule has 4 rings (SSSR count). The third kappa shape index (κ3) is 4.87. The first kappa shape index (κ1) is 23.7. The van der Waals surface area contributed by atoms with Crippen LogP contribution in [0.3, 0.4) is 0 Å². The number of piperidine rings is 1. The first-order valence-electron chi connectivity index (χ1n) is 11.1. The second-order valence-electron chi connectivity index (χ2n) is 8.66. The van der Waals surface area contributed by atoms with Crippen molar-refractivity contribution in [2.24, 2.45) is 5.92 Å². The van der Waals surface area contributed by atoms with Gasteiger partial charge in [0.15, 0.2) is 0 Å². The Labute approximate surface area is 195 Å². The minimum atomic E-state index is -4.49. The molecular weight excluding hydrogens is 447 g/mol. The Bertz CT molecular complexity index is 1150. The molecule has 1 saturated heterocycles. The highest BCUT2D eigenvalue weighted by molar-refractivity contribution is 5.98. The molecule has 34 heavy (non-hydrogen) atoms. The predicted octanol–water partition coefficient (Wildman–Crippen LogP) is 4.05.